The van der Waals surface area contributed by atoms with Gasteiger partial charge in [-0.05, 0) is 11.6 Å². The Bertz CT molecular complexity index is 651. The lowest BCUT2D eigenvalue weighted by atomic mass is 10.0. The van der Waals surface area contributed by atoms with Crippen LogP contribution in [0.2, 0.25) is 5.02 Å². The van der Waals surface area contributed by atoms with Gasteiger partial charge in [-0.15, -0.1) is 0 Å². The van der Waals surface area contributed by atoms with Crippen LogP contribution in [0.4, 0.5) is 0 Å². The van der Waals surface area contributed by atoms with Crippen molar-refractivity contribution in [2.24, 2.45) is 0 Å². The van der Waals surface area contributed by atoms with Crippen LogP contribution in [0.5, 0.6) is 0 Å². The van der Waals surface area contributed by atoms with Crippen LogP contribution in [0.1, 0.15) is 12.5 Å². The number of nitrogens with one attached hydrogen (secondary N) is 2. The maximum Gasteiger partial charge on any atom is 0.328 e. The number of benzene rings is 1. The quantitative estimate of drug-likeness (QED) is 0.848. The topological polar surface area (TPSA) is 71.2 Å². The molecular weight excluding hydrogens is 280 g/mol. The van der Waals surface area contributed by atoms with Gasteiger partial charge in [-0.1, -0.05) is 23.7 Å². The van der Waals surface area contributed by atoms with Crippen LogP contribution in [0.3, 0.4) is 0 Å². The zero-order valence-corrected chi connectivity index (χ0v) is 12.0. The molecule has 2 aromatic rings. The largest absolute Gasteiger partial charge is 0.467 e. The molecule has 0 fully saturated rings. The molecule has 0 radical (unpaired) electrons. The van der Waals surface area contributed by atoms with E-state index in [9.17, 15) is 9.59 Å². The fourth-order valence-electron chi connectivity index (χ4n) is 2.15. The van der Waals surface area contributed by atoms with Gasteiger partial charge in [0.25, 0.3) is 0 Å². The highest BCUT2D eigenvalue weighted by Crippen LogP contribution is 2.26. The average molecular weight is 295 g/mol. The SMILES string of the molecule is COC(=O)[C@H](Cc1c[nH]c2c(Cl)cccc12)NC(C)=O. The first-order valence-electron chi connectivity index (χ1n) is 6.12. The maximum atomic E-state index is 11.7. The lowest BCUT2D eigenvalue weighted by Gasteiger charge is -2.14. The molecule has 1 atom stereocenters. The number of rotatable bonds is 4. The predicted molar refractivity (Wildman–Crippen MR) is 76.6 cm³/mol. The molecule has 0 aliphatic rings. The Hall–Kier alpha value is -2.01. The number of methoxy groups -OCH3 is 1. The molecule has 1 heterocycles. The minimum absolute atomic E-state index is 0.279. The molecule has 0 aliphatic carbocycles. The number of esters is 1. The number of amides is 1. The van der Waals surface area contributed by atoms with Crippen LogP contribution in [0.15, 0.2) is 24.4 Å². The number of hydrogen-bond donors (Lipinski definition) is 2. The zero-order valence-electron chi connectivity index (χ0n) is 11.2. The third-order valence-corrected chi connectivity index (χ3v) is 3.35. The Morgan fingerprint density at radius 1 is 1.45 bits per heavy atom. The van der Waals surface area contributed by atoms with E-state index in [4.69, 9.17) is 16.3 Å². The lowest BCUT2D eigenvalue weighted by Crippen LogP contribution is -2.41. The molecule has 1 aromatic carbocycles. The van der Waals surface area contributed by atoms with Crippen molar-refractivity contribution >= 4 is 34.4 Å². The summed E-state index contributed by atoms with van der Waals surface area (Å²) in [7, 11) is 1.29. The van der Waals surface area contributed by atoms with Gasteiger partial charge in [0.05, 0.1) is 17.6 Å². The highest BCUT2D eigenvalue weighted by Gasteiger charge is 2.22. The van der Waals surface area contributed by atoms with E-state index in [2.05, 4.69) is 10.3 Å². The second-order valence-electron chi connectivity index (χ2n) is 4.46. The Kier molecular flexibility index (Phi) is 4.29. The number of aromatic nitrogens is 1. The van der Waals surface area contributed by atoms with Crippen molar-refractivity contribution in [3.05, 3.63) is 35.0 Å². The monoisotopic (exact) mass is 294 g/mol. The molecule has 0 spiro atoms. The molecule has 2 rings (SSSR count). The van der Waals surface area contributed by atoms with E-state index in [1.165, 1.54) is 14.0 Å². The number of H-pyrrole nitrogens is 1. The van der Waals surface area contributed by atoms with Crippen molar-refractivity contribution in [3.8, 4) is 0 Å². The van der Waals surface area contributed by atoms with Gasteiger partial charge in [0.2, 0.25) is 5.91 Å². The first kappa shape index (κ1) is 14.4. The molecule has 2 N–H and O–H groups in total. The number of fused-ring (bicyclic) bond motifs is 1. The van der Waals surface area contributed by atoms with E-state index in [0.717, 1.165) is 16.5 Å². The summed E-state index contributed by atoms with van der Waals surface area (Å²) >= 11 is 6.09. The van der Waals surface area contributed by atoms with Crippen molar-refractivity contribution in [2.45, 2.75) is 19.4 Å². The first-order valence-corrected chi connectivity index (χ1v) is 6.50. The van der Waals surface area contributed by atoms with Crippen molar-refractivity contribution in [1.82, 2.24) is 10.3 Å². The average Bonchev–Trinajstić information content (AvgIpc) is 2.81. The number of hydrogen-bond acceptors (Lipinski definition) is 3. The zero-order chi connectivity index (χ0) is 14.7. The number of carbonyl (C=O) groups excluding carboxylic acids is 2. The summed E-state index contributed by atoms with van der Waals surface area (Å²) in [5.41, 5.74) is 1.71. The fourth-order valence-corrected chi connectivity index (χ4v) is 2.37. The van der Waals surface area contributed by atoms with Crippen LogP contribution < -0.4 is 5.32 Å². The van der Waals surface area contributed by atoms with Gasteiger partial charge in [-0.2, -0.15) is 0 Å². The minimum atomic E-state index is -0.713. The summed E-state index contributed by atoms with van der Waals surface area (Å²) in [6, 6.07) is 4.83. The normalized spacial score (nSPS) is 12.2. The molecule has 106 valence electrons. The van der Waals surface area contributed by atoms with Crippen LogP contribution in [-0.4, -0.2) is 30.0 Å². The van der Waals surface area contributed by atoms with E-state index >= 15 is 0 Å². The van der Waals surface area contributed by atoms with Crippen molar-refractivity contribution in [1.29, 1.82) is 0 Å². The minimum Gasteiger partial charge on any atom is -0.467 e. The first-order chi connectivity index (χ1) is 9.52. The second kappa shape index (κ2) is 5.96. The molecular formula is C14H15ClN2O3. The van der Waals surface area contributed by atoms with Gasteiger partial charge < -0.3 is 15.0 Å². The highest BCUT2D eigenvalue weighted by atomic mass is 35.5. The van der Waals surface area contributed by atoms with E-state index in [1.54, 1.807) is 12.3 Å². The summed E-state index contributed by atoms with van der Waals surface area (Å²) in [6.45, 7) is 1.36. The fraction of sp³-hybridized carbons (Fsp3) is 0.286. The molecule has 5 nitrogen and oxygen atoms in total. The molecule has 20 heavy (non-hydrogen) atoms. The molecule has 1 aromatic heterocycles. The molecule has 0 saturated carbocycles. The third-order valence-electron chi connectivity index (χ3n) is 3.04. The molecule has 0 bridgehead atoms. The van der Waals surface area contributed by atoms with Gasteiger partial charge >= 0.3 is 5.97 Å². The summed E-state index contributed by atoms with van der Waals surface area (Å²) in [5, 5.41) is 4.13. The number of halogens is 1. The molecule has 0 unspecified atom stereocenters. The van der Waals surface area contributed by atoms with Gasteiger partial charge in [0.1, 0.15) is 6.04 Å². The Morgan fingerprint density at radius 3 is 2.85 bits per heavy atom. The number of carbonyl (C=O) groups is 2. The summed E-state index contributed by atoms with van der Waals surface area (Å²) in [5.74, 6) is -0.755. The summed E-state index contributed by atoms with van der Waals surface area (Å²) in [6.07, 6.45) is 2.13. The lowest BCUT2D eigenvalue weighted by molar-refractivity contribution is -0.144. The number of para-hydroxylation sites is 1. The van der Waals surface area contributed by atoms with Crippen molar-refractivity contribution < 1.29 is 14.3 Å². The third kappa shape index (κ3) is 2.93. The van der Waals surface area contributed by atoms with Crippen LogP contribution in [0.25, 0.3) is 10.9 Å². The standard InChI is InChI=1S/C14H15ClN2O3/c1-8(18)17-12(14(19)20-2)6-9-7-16-13-10(9)4-3-5-11(13)15/h3-5,7,12,16H,6H2,1-2H3,(H,17,18)/t12-/m0/s1. The predicted octanol–water partition coefficient (Wildman–Crippen LogP) is 2.04. The second-order valence-corrected chi connectivity index (χ2v) is 4.86. The highest BCUT2D eigenvalue weighted by molar-refractivity contribution is 6.35. The van der Waals surface area contributed by atoms with Gasteiger partial charge in [-0.3, -0.25) is 4.79 Å². The molecule has 1 amide bonds. The van der Waals surface area contributed by atoms with Crippen molar-refractivity contribution in [3.63, 3.8) is 0 Å². The van der Waals surface area contributed by atoms with Crippen molar-refractivity contribution in [2.75, 3.05) is 7.11 Å². The summed E-state index contributed by atoms with van der Waals surface area (Å²) in [4.78, 5) is 26.0. The van der Waals surface area contributed by atoms with Gasteiger partial charge in [-0.25, -0.2) is 4.79 Å². The van der Waals surface area contributed by atoms with Gasteiger partial charge in [0.15, 0.2) is 0 Å². The number of aromatic amines is 1. The smallest absolute Gasteiger partial charge is 0.328 e. The van der Waals surface area contributed by atoms with E-state index in [0.29, 0.717) is 11.4 Å². The van der Waals surface area contributed by atoms with Crippen LogP contribution in [-0.2, 0) is 20.7 Å². The maximum absolute atomic E-state index is 11.7. The Morgan fingerprint density at radius 2 is 2.20 bits per heavy atom. The van der Waals surface area contributed by atoms with Crippen LogP contribution in [0, 0.1) is 0 Å². The van der Waals surface area contributed by atoms with E-state index < -0.39 is 12.0 Å². The van der Waals surface area contributed by atoms with E-state index in [-0.39, 0.29) is 5.91 Å². The molecule has 0 aliphatic heterocycles. The Labute approximate surface area is 121 Å². The number of ether oxygens (including phenoxy) is 1. The Balaban J connectivity index is 2.31. The van der Waals surface area contributed by atoms with Crippen LogP contribution >= 0.6 is 11.6 Å². The molecule has 6 heteroatoms. The molecule has 0 saturated heterocycles. The summed E-state index contributed by atoms with van der Waals surface area (Å²) < 4.78 is 4.71. The van der Waals surface area contributed by atoms with Gasteiger partial charge in [0, 0.05) is 24.9 Å². The van der Waals surface area contributed by atoms with E-state index in [1.807, 2.05) is 12.1 Å².